The van der Waals surface area contributed by atoms with Crippen molar-refractivity contribution in [1.82, 2.24) is 0 Å². The Bertz CT molecular complexity index is 883. The number of fused-ring (bicyclic) bond motifs is 1. The second-order valence-corrected chi connectivity index (χ2v) is 7.33. The van der Waals surface area contributed by atoms with Crippen molar-refractivity contribution in [3.63, 3.8) is 0 Å². The van der Waals surface area contributed by atoms with Crippen LogP contribution in [0.2, 0.25) is 0 Å². The van der Waals surface area contributed by atoms with Crippen LogP contribution in [0.4, 0.5) is 0 Å². The van der Waals surface area contributed by atoms with E-state index in [2.05, 4.69) is 50.2 Å². The van der Waals surface area contributed by atoms with Crippen LogP contribution in [0.25, 0.3) is 22.5 Å². The number of ketones is 1. The summed E-state index contributed by atoms with van der Waals surface area (Å²) in [5.74, 6) is 1.81. The molecular formula is C22H20O2. The first-order valence-corrected chi connectivity index (χ1v) is 8.34. The first kappa shape index (κ1) is 14.9. The van der Waals surface area contributed by atoms with Gasteiger partial charge in [0.1, 0.15) is 11.5 Å². The van der Waals surface area contributed by atoms with E-state index in [-0.39, 0.29) is 11.2 Å². The Morgan fingerprint density at radius 3 is 2.17 bits per heavy atom. The van der Waals surface area contributed by atoms with Gasteiger partial charge in [-0.25, -0.2) is 0 Å². The summed E-state index contributed by atoms with van der Waals surface area (Å²) < 4.78 is 6.02. The van der Waals surface area contributed by atoms with E-state index in [0.717, 1.165) is 29.1 Å². The minimum absolute atomic E-state index is 0.0175. The fourth-order valence-corrected chi connectivity index (χ4v) is 3.42. The Morgan fingerprint density at radius 2 is 1.46 bits per heavy atom. The lowest BCUT2D eigenvalue weighted by Crippen LogP contribution is -2.25. The Morgan fingerprint density at radius 1 is 0.833 bits per heavy atom. The summed E-state index contributed by atoms with van der Waals surface area (Å²) in [4.78, 5) is 12.3. The molecule has 2 nitrogen and oxygen atoms in total. The van der Waals surface area contributed by atoms with Crippen LogP contribution in [0.5, 0.6) is 0 Å². The second-order valence-electron chi connectivity index (χ2n) is 7.33. The molecule has 0 saturated heterocycles. The molecule has 0 atom stereocenters. The fourth-order valence-electron chi connectivity index (χ4n) is 3.42. The lowest BCUT2D eigenvalue weighted by Gasteiger charge is -2.26. The topological polar surface area (TPSA) is 30.2 Å². The highest BCUT2D eigenvalue weighted by atomic mass is 16.3. The number of hydrogen-bond acceptors (Lipinski definition) is 2. The van der Waals surface area contributed by atoms with Crippen LogP contribution < -0.4 is 0 Å². The van der Waals surface area contributed by atoms with Gasteiger partial charge >= 0.3 is 0 Å². The zero-order valence-corrected chi connectivity index (χ0v) is 14.0. The molecule has 2 aromatic carbocycles. The van der Waals surface area contributed by atoms with Gasteiger partial charge in [0.25, 0.3) is 0 Å². The summed E-state index contributed by atoms with van der Waals surface area (Å²) >= 11 is 0. The standard InChI is InChI=1S/C22H20O2/c1-22(2)13-19(23)18-12-20(24-21(18)14-22)17-10-8-16(9-11-17)15-6-4-3-5-7-15/h3-12H,13-14H2,1-2H3. The summed E-state index contributed by atoms with van der Waals surface area (Å²) in [5.41, 5.74) is 4.12. The zero-order valence-electron chi connectivity index (χ0n) is 14.0. The highest BCUT2D eigenvalue weighted by Gasteiger charge is 2.34. The smallest absolute Gasteiger partial charge is 0.166 e. The van der Waals surface area contributed by atoms with Crippen LogP contribution in [0.1, 0.15) is 36.4 Å². The summed E-state index contributed by atoms with van der Waals surface area (Å²) in [7, 11) is 0. The summed E-state index contributed by atoms with van der Waals surface area (Å²) in [6.07, 6.45) is 1.40. The van der Waals surface area contributed by atoms with Gasteiger partial charge in [-0.2, -0.15) is 0 Å². The highest BCUT2D eigenvalue weighted by Crippen LogP contribution is 2.38. The molecule has 0 N–H and O–H groups in total. The van der Waals surface area contributed by atoms with Crippen molar-refractivity contribution in [2.75, 3.05) is 0 Å². The van der Waals surface area contributed by atoms with Crippen molar-refractivity contribution >= 4 is 5.78 Å². The van der Waals surface area contributed by atoms with Crippen LogP contribution in [-0.2, 0) is 6.42 Å². The number of Topliss-reactive ketones (excluding diaryl/α,β-unsaturated/α-hetero) is 1. The molecule has 0 bridgehead atoms. The van der Waals surface area contributed by atoms with Gasteiger partial charge in [0, 0.05) is 18.4 Å². The molecular weight excluding hydrogens is 296 g/mol. The van der Waals surface area contributed by atoms with E-state index in [1.807, 2.05) is 24.3 Å². The molecule has 1 aromatic heterocycles. The average molecular weight is 316 g/mol. The number of furan rings is 1. The van der Waals surface area contributed by atoms with Gasteiger partial charge < -0.3 is 4.42 Å². The molecule has 4 rings (SSSR count). The molecule has 1 aliphatic rings. The maximum absolute atomic E-state index is 12.3. The highest BCUT2D eigenvalue weighted by molar-refractivity contribution is 5.99. The van der Waals surface area contributed by atoms with Crippen molar-refractivity contribution in [2.24, 2.45) is 5.41 Å². The zero-order chi connectivity index (χ0) is 16.7. The molecule has 120 valence electrons. The normalized spacial score (nSPS) is 16.0. The third-order valence-electron chi connectivity index (χ3n) is 4.66. The Hall–Kier alpha value is -2.61. The maximum Gasteiger partial charge on any atom is 0.166 e. The van der Waals surface area contributed by atoms with E-state index in [0.29, 0.717) is 6.42 Å². The Labute approximate surface area is 142 Å². The molecule has 0 amide bonds. The largest absolute Gasteiger partial charge is 0.460 e. The van der Waals surface area contributed by atoms with Crippen LogP contribution in [0, 0.1) is 5.41 Å². The quantitative estimate of drug-likeness (QED) is 0.601. The summed E-state index contributed by atoms with van der Waals surface area (Å²) in [6, 6.07) is 20.5. The van der Waals surface area contributed by atoms with Gasteiger partial charge in [-0.05, 0) is 22.6 Å². The van der Waals surface area contributed by atoms with Crippen molar-refractivity contribution in [1.29, 1.82) is 0 Å². The number of carbonyl (C=O) groups is 1. The van der Waals surface area contributed by atoms with Gasteiger partial charge in [0.05, 0.1) is 5.56 Å². The Balaban J connectivity index is 1.67. The lowest BCUT2D eigenvalue weighted by atomic mass is 9.76. The van der Waals surface area contributed by atoms with Crippen LogP contribution in [0.15, 0.2) is 65.1 Å². The van der Waals surface area contributed by atoms with Crippen molar-refractivity contribution in [2.45, 2.75) is 26.7 Å². The van der Waals surface area contributed by atoms with Gasteiger partial charge in [0.2, 0.25) is 0 Å². The van der Waals surface area contributed by atoms with Crippen LogP contribution in [-0.4, -0.2) is 5.78 Å². The monoisotopic (exact) mass is 316 g/mol. The first-order valence-electron chi connectivity index (χ1n) is 8.34. The molecule has 0 spiro atoms. The lowest BCUT2D eigenvalue weighted by molar-refractivity contribution is 0.0904. The number of hydrogen-bond donors (Lipinski definition) is 0. The molecule has 3 aromatic rings. The van der Waals surface area contributed by atoms with Crippen molar-refractivity contribution < 1.29 is 9.21 Å². The first-order chi connectivity index (χ1) is 11.5. The minimum Gasteiger partial charge on any atom is -0.460 e. The molecule has 2 heteroatoms. The van der Waals surface area contributed by atoms with E-state index >= 15 is 0 Å². The molecule has 0 aliphatic heterocycles. The van der Waals surface area contributed by atoms with E-state index < -0.39 is 0 Å². The second kappa shape index (κ2) is 5.48. The molecule has 1 aliphatic carbocycles. The predicted molar refractivity (Wildman–Crippen MR) is 96.0 cm³/mol. The van der Waals surface area contributed by atoms with Crippen LogP contribution >= 0.6 is 0 Å². The van der Waals surface area contributed by atoms with Gasteiger partial charge in [-0.3, -0.25) is 4.79 Å². The van der Waals surface area contributed by atoms with Gasteiger partial charge in [-0.1, -0.05) is 68.4 Å². The SMILES string of the molecule is CC1(C)CC(=O)c2cc(-c3ccc(-c4ccccc4)cc3)oc2C1. The molecule has 0 unspecified atom stereocenters. The molecule has 0 radical (unpaired) electrons. The minimum atomic E-state index is -0.0175. The van der Waals surface area contributed by atoms with E-state index in [9.17, 15) is 4.79 Å². The maximum atomic E-state index is 12.3. The van der Waals surface area contributed by atoms with E-state index in [1.165, 1.54) is 11.1 Å². The fraction of sp³-hybridized carbons (Fsp3) is 0.227. The summed E-state index contributed by atoms with van der Waals surface area (Å²) in [5, 5.41) is 0. The average Bonchev–Trinajstić information content (AvgIpc) is 2.99. The van der Waals surface area contributed by atoms with Crippen LogP contribution in [0.3, 0.4) is 0 Å². The molecule has 0 fully saturated rings. The van der Waals surface area contributed by atoms with Gasteiger partial charge in [0.15, 0.2) is 5.78 Å². The molecule has 1 heterocycles. The Kier molecular flexibility index (Phi) is 3.42. The third kappa shape index (κ3) is 2.69. The van der Waals surface area contributed by atoms with Crippen molar-refractivity contribution in [3.8, 4) is 22.5 Å². The third-order valence-corrected chi connectivity index (χ3v) is 4.66. The molecule has 0 saturated carbocycles. The van der Waals surface area contributed by atoms with E-state index in [1.54, 1.807) is 0 Å². The predicted octanol–water partition coefficient (Wildman–Crippen LogP) is 5.77. The number of rotatable bonds is 2. The van der Waals surface area contributed by atoms with Crippen molar-refractivity contribution in [3.05, 3.63) is 72.0 Å². The number of benzene rings is 2. The summed E-state index contributed by atoms with van der Waals surface area (Å²) in [6.45, 7) is 4.23. The van der Waals surface area contributed by atoms with Gasteiger partial charge in [-0.15, -0.1) is 0 Å². The van der Waals surface area contributed by atoms with E-state index in [4.69, 9.17) is 4.42 Å². The number of carbonyl (C=O) groups excluding carboxylic acids is 1. The molecule has 24 heavy (non-hydrogen) atoms.